The molecule has 5 aromatic carbocycles. The van der Waals surface area contributed by atoms with E-state index < -0.39 is 0 Å². The molecule has 0 bridgehead atoms. The fraction of sp³-hybridized carbons (Fsp3) is 0. The van der Waals surface area contributed by atoms with Gasteiger partial charge in [0.25, 0.3) is 0 Å². The number of para-hydroxylation sites is 1. The van der Waals surface area contributed by atoms with E-state index >= 15 is 0 Å². The van der Waals surface area contributed by atoms with Crippen molar-refractivity contribution in [3.8, 4) is 27.9 Å². The van der Waals surface area contributed by atoms with E-state index in [4.69, 9.17) is 4.98 Å². The first-order chi connectivity index (χ1) is 18.8. The fourth-order valence-electron chi connectivity index (χ4n) is 5.16. The molecule has 7 rings (SSSR count). The number of anilines is 2. The van der Waals surface area contributed by atoms with Crippen molar-refractivity contribution in [3.63, 3.8) is 0 Å². The number of aromatic nitrogens is 2. The second kappa shape index (κ2) is 9.38. The Morgan fingerprint density at radius 1 is 0.474 bits per heavy atom. The van der Waals surface area contributed by atoms with Crippen LogP contribution in [0.15, 0.2) is 146 Å². The first-order valence-electron chi connectivity index (χ1n) is 12.8. The average Bonchev–Trinajstić information content (AvgIpc) is 3.33. The van der Waals surface area contributed by atoms with Gasteiger partial charge in [0.15, 0.2) is 0 Å². The number of pyridine rings is 1. The molecule has 0 radical (unpaired) electrons. The smallest absolute Gasteiger partial charge is 0.0963 e. The lowest BCUT2D eigenvalue weighted by molar-refractivity contribution is 1.18. The summed E-state index contributed by atoms with van der Waals surface area (Å²) in [5.41, 5.74) is 11.3. The largest absolute Gasteiger partial charge is 0.356 e. The summed E-state index contributed by atoms with van der Waals surface area (Å²) in [4.78, 5) is 4.75. The normalized spacial score (nSPS) is 11.2. The Hall–Kier alpha value is -5.15. The molecule has 38 heavy (non-hydrogen) atoms. The van der Waals surface area contributed by atoms with Gasteiger partial charge >= 0.3 is 0 Å². The van der Waals surface area contributed by atoms with Crippen LogP contribution in [0.3, 0.4) is 0 Å². The highest BCUT2D eigenvalue weighted by Crippen LogP contribution is 2.34. The van der Waals surface area contributed by atoms with Gasteiger partial charge in [-0.05, 0) is 82.9 Å². The molecule has 2 aromatic heterocycles. The van der Waals surface area contributed by atoms with Crippen LogP contribution in [-0.2, 0) is 0 Å². The van der Waals surface area contributed by atoms with Gasteiger partial charge in [-0.2, -0.15) is 0 Å². The van der Waals surface area contributed by atoms with Crippen LogP contribution < -0.4 is 5.32 Å². The second-order valence-corrected chi connectivity index (χ2v) is 9.42. The lowest BCUT2D eigenvalue weighted by Gasteiger charge is -2.10. The van der Waals surface area contributed by atoms with E-state index in [2.05, 4.69) is 131 Å². The minimum absolute atomic E-state index is 1.02. The van der Waals surface area contributed by atoms with Crippen molar-refractivity contribution in [1.82, 2.24) is 9.55 Å². The molecule has 0 fully saturated rings. The fourth-order valence-corrected chi connectivity index (χ4v) is 5.16. The van der Waals surface area contributed by atoms with Crippen LogP contribution in [0.4, 0.5) is 11.4 Å². The zero-order valence-corrected chi connectivity index (χ0v) is 20.8. The number of rotatable bonds is 5. The highest BCUT2D eigenvalue weighted by atomic mass is 15.0. The van der Waals surface area contributed by atoms with Gasteiger partial charge in [-0.1, -0.05) is 78.9 Å². The third-order valence-electron chi connectivity index (χ3n) is 7.03. The molecule has 0 saturated carbocycles. The van der Waals surface area contributed by atoms with Crippen LogP contribution in [0, 0.1) is 0 Å². The Labute approximate surface area is 221 Å². The maximum atomic E-state index is 4.75. The highest BCUT2D eigenvalue weighted by molar-refractivity contribution is 6.08. The zero-order valence-electron chi connectivity index (χ0n) is 20.8. The van der Waals surface area contributed by atoms with Gasteiger partial charge in [0.05, 0.1) is 16.6 Å². The van der Waals surface area contributed by atoms with Gasteiger partial charge in [0.2, 0.25) is 0 Å². The van der Waals surface area contributed by atoms with Crippen molar-refractivity contribution < 1.29 is 0 Å². The van der Waals surface area contributed by atoms with Crippen molar-refractivity contribution in [2.45, 2.75) is 0 Å². The molecule has 3 heteroatoms. The lowest BCUT2D eigenvalue weighted by Crippen LogP contribution is -1.93. The summed E-state index contributed by atoms with van der Waals surface area (Å²) in [6.07, 6.45) is 1.87. The molecular formula is C35H25N3. The number of nitrogens with one attached hydrogen (secondary N) is 1. The Balaban J connectivity index is 1.18. The van der Waals surface area contributed by atoms with Crippen LogP contribution in [-0.4, -0.2) is 9.55 Å². The second-order valence-electron chi connectivity index (χ2n) is 9.42. The van der Waals surface area contributed by atoms with E-state index in [0.717, 1.165) is 39.0 Å². The number of hydrogen-bond acceptors (Lipinski definition) is 2. The van der Waals surface area contributed by atoms with Crippen molar-refractivity contribution in [3.05, 3.63) is 146 Å². The van der Waals surface area contributed by atoms with Gasteiger partial charge in [0, 0.05) is 28.6 Å². The molecule has 0 aliphatic heterocycles. The number of benzene rings is 5. The monoisotopic (exact) mass is 487 g/mol. The Kier molecular flexibility index (Phi) is 5.45. The van der Waals surface area contributed by atoms with Gasteiger partial charge < -0.3 is 9.88 Å². The van der Waals surface area contributed by atoms with Gasteiger partial charge in [-0.3, -0.25) is 4.98 Å². The third kappa shape index (κ3) is 4.00. The van der Waals surface area contributed by atoms with Gasteiger partial charge in [0.1, 0.15) is 0 Å². The molecule has 1 N–H and O–H groups in total. The summed E-state index contributed by atoms with van der Waals surface area (Å²) < 4.78 is 2.29. The number of fused-ring (bicyclic) bond motifs is 3. The Bertz CT molecular complexity index is 1850. The number of hydrogen-bond donors (Lipinski definition) is 1. The van der Waals surface area contributed by atoms with Crippen LogP contribution in [0.2, 0.25) is 0 Å². The van der Waals surface area contributed by atoms with Crippen LogP contribution in [0.5, 0.6) is 0 Å². The van der Waals surface area contributed by atoms with E-state index in [9.17, 15) is 0 Å². The minimum atomic E-state index is 1.02. The Morgan fingerprint density at radius 3 is 1.74 bits per heavy atom. The van der Waals surface area contributed by atoms with Crippen molar-refractivity contribution in [1.29, 1.82) is 0 Å². The predicted molar refractivity (Wildman–Crippen MR) is 159 cm³/mol. The highest BCUT2D eigenvalue weighted by Gasteiger charge is 2.14. The molecule has 0 atom stereocenters. The van der Waals surface area contributed by atoms with Crippen LogP contribution in [0.1, 0.15) is 0 Å². The molecule has 7 aromatic rings. The van der Waals surface area contributed by atoms with Crippen molar-refractivity contribution in [2.24, 2.45) is 0 Å². The van der Waals surface area contributed by atoms with E-state index in [1.807, 2.05) is 24.4 Å². The molecule has 180 valence electrons. The molecule has 0 aliphatic carbocycles. The summed E-state index contributed by atoms with van der Waals surface area (Å²) in [5.74, 6) is 0. The van der Waals surface area contributed by atoms with Gasteiger partial charge in [-0.25, -0.2) is 0 Å². The third-order valence-corrected chi connectivity index (χ3v) is 7.03. The molecular weight excluding hydrogens is 462 g/mol. The minimum Gasteiger partial charge on any atom is -0.356 e. The van der Waals surface area contributed by atoms with E-state index in [-0.39, 0.29) is 0 Å². The molecule has 2 heterocycles. The summed E-state index contributed by atoms with van der Waals surface area (Å²) in [5, 5.41) is 4.68. The maximum Gasteiger partial charge on any atom is 0.0963 e. The topological polar surface area (TPSA) is 29.9 Å². The summed E-state index contributed by atoms with van der Waals surface area (Å²) in [6.45, 7) is 0. The molecule has 0 amide bonds. The van der Waals surface area contributed by atoms with Crippen molar-refractivity contribution in [2.75, 3.05) is 5.32 Å². The van der Waals surface area contributed by atoms with Crippen LogP contribution in [0.25, 0.3) is 49.9 Å². The summed E-state index contributed by atoms with van der Waals surface area (Å²) >= 11 is 0. The summed E-state index contributed by atoms with van der Waals surface area (Å²) in [7, 11) is 0. The van der Waals surface area contributed by atoms with Crippen molar-refractivity contribution >= 4 is 33.3 Å². The first kappa shape index (κ1) is 22.1. The standard InChI is InChI=1S/C35H25N3/c1-3-8-25(9-4-1)26-13-18-29(19-14-26)37-30-20-15-27(16-21-30)28-17-22-33-32(24-28)35-34(12-7-23-36-35)38(33)31-10-5-2-6-11-31/h1-24,37H. The molecule has 0 unspecified atom stereocenters. The SMILES string of the molecule is c1ccc(-c2ccc(Nc3ccc(-c4ccc5c(c4)c4ncccc4n5-c4ccccc4)cc3)cc2)cc1. The quantitative estimate of drug-likeness (QED) is 0.262. The predicted octanol–water partition coefficient (Wildman–Crippen LogP) is 9.26. The molecule has 0 saturated heterocycles. The van der Waals surface area contributed by atoms with Crippen LogP contribution >= 0.6 is 0 Å². The van der Waals surface area contributed by atoms with E-state index in [1.165, 1.54) is 22.3 Å². The lowest BCUT2D eigenvalue weighted by atomic mass is 10.0. The number of nitrogens with zero attached hydrogens (tertiary/aromatic N) is 2. The first-order valence-corrected chi connectivity index (χ1v) is 12.8. The van der Waals surface area contributed by atoms with E-state index in [0.29, 0.717) is 0 Å². The molecule has 3 nitrogen and oxygen atoms in total. The molecule has 0 aliphatic rings. The summed E-state index contributed by atoms with van der Waals surface area (Å²) in [6, 6.07) is 48.9. The van der Waals surface area contributed by atoms with E-state index in [1.54, 1.807) is 0 Å². The Morgan fingerprint density at radius 2 is 1.05 bits per heavy atom. The molecule has 0 spiro atoms. The van der Waals surface area contributed by atoms with Gasteiger partial charge in [-0.15, -0.1) is 0 Å². The zero-order chi connectivity index (χ0) is 25.3. The maximum absolute atomic E-state index is 4.75. The average molecular weight is 488 g/mol.